The summed E-state index contributed by atoms with van der Waals surface area (Å²) in [5.41, 5.74) is 0.999. The molecule has 0 aliphatic carbocycles. The summed E-state index contributed by atoms with van der Waals surface area (Å²) in [7, 11) is 0. The van der Waals surface area contributed by atoms with E-state index >= 15 is 0 Å². The number of rotatable bonds is 4. The van der Waals surface area contributed by atoms with Crippen LogP contribution in [0.3, 0.4) is 0 Å². The minimum Gasteiger partial charge on any atom is -0.494 e. The summed E-state index contributed by atoms with van der Waals surface area (Å²) in [4.78, 5) is 17.1. The number of piperidine rings is 1. The maximum absolute atomic E-state index is 10.9. The highest BCUT2D eigenvalue weighted by Crippen LogP contribution is 2.36. The quantitative estimate of drug-likeness (QED) is 0.915. The summed E-state index contributed by atoms with van der Waals surface area (Å²) in [6.45, 7) is 3.87. The minimum atomic E-state index is -0.813. The maximum Gasteiger partial charge on any atom is 0.407 e. The number of benzene rings is 1. The summed E-state index contributed by atoms with van der Waals surface area (Å²) in [6.07, 6.45) is 0.959. The van der Waals surface area contributed by atoms with Crippen LogP contribution in [0.4, 0.5) is 4.79 Å². The molecule has 1 amide bonds. The normalized spacial score (nSPS) is 16.1. The average molecular weight is 338 g/mol. The maximum atomic E-state index is 10.9. The second-order valence-corrected chi connectivity index (χ2v) is 7.71. The molecule has 7 heteroatoms. The molecule has 1 aromatic heterocycles. The van der Waals surface area contributed by atoms with Crippen LogP contribution in [0.25, 0.3) is 10.2 Å². The number of carboxylic acid groups (broad SMARTS) is 1. The highest BCUT2D eigenvalue weighted by molar-refractivity contribution is 8.01. The Hall–Kier alpha value is -1.47. The number of likely N-dealkylation sites (tertiary alicyclic amines) is 1. The standard InChI is InChI=1S/C15H18N2O3S2/c1-2-20-10-3-4-12-13(9-10)22-14(16-12)21-11-5-7-17(8-6-11)15(18)19/h3-4,9,11H,2,5-8H2,1H3,(H,18,19). The molecule has 0 saturated carbocycles. The summed E-state index contributed by atoms with van der Waals surface area (Å²) in [6, 6.07) is 5.98. The van der Waals surface area contributed by atoms with E-state index in [-0.39, 0.29) is 0 Å². The summed E-state index contributed by atoms with van der Waals surface area (Å²) in [5, 5.41) is 9.42. The molecule has 2 heterocycles. The zero-order chi connectivity index (χ0) is 15.5. The van der Waals surface area contributed by atoms with Crippen molar-refractivity contribution in [2.45, 2.75) is 29.4 Å². The minimum absolute atomic E-state index is 0.447. The van der Waals surface area contributed by atoms with Gasteiger partial charge in [0.25, 0.3) is 0 Å². The van der Waals surface area contributed by atoms with Gasteiger partial charge in [0.1, 0.15) is 5.75 Å². The van der Waals surface area contributed by atoms with Crippen LogP contribution >= 0.6 is 23.1 Å². The molecule has 1 saturated heterocycles. The Kier molecular flexibility index (Phi) is 4.73. The lowest BCUT2D eigenvalue weighted by molar-refractivity contribution is 0.136. The summed E-state index contributed by atoms with van der Waals surface area (Å²) < 4.78 is 7.71. The number of carbonyl (C=O) groups is 1. The number of fused-ring (bicyclic) bond motifs is 1. The van der Waals surface area contributed by atoms with Gasteiger partial charge in [0.15, 0.2) is 4.34 Å². The lowest BCUT2D eigenvalue weighted by Gasteiger charge is -2.28. The molecule has 1 N–H and O–H groups in total. The molecule has 0 atom stereocenters. The van der Waals surface area contributed by atoms with Gasteiger partial charge in [0.2, 0.25) is 0 Å². The van der Waals surface area contributed by atoms with Gasteiger partial charge in [0, 0.05) is 18.3 Å². The molecule has 0 bridgehead atoms. The molecule has 1 aliphatic rings. The first-order valence-electron chi connectivity index (χ1n) is 7.33. The zero-order valence-electron chi connectivity index (χ0n) is 12.3. The third-order valence-electron chi connectivity index (χ3n) is 3.63. The Balaban J connectivity index is 1.66. The average Bonchev–Trinajstić information content (AvgIpc) is 2.89. The van der Waals surface area contributed by atoms with Gasteiger partial charge in [-0.2, -0.15) is 0 Å². The van der Waals surface area contributed by atoms with Crippen molar-refractivity contribution in [3.05, 3.63) is 18.2 Å². The van der Waals surface area contributed by atoms with Crippen molar-refractivity contribution < 1.29 is 14.6 Å². The van der Waals surface area contributed by atoms with Gasteiger partial charge in [-0.15, -0.1) is 11.3 Å². The summed E-state index contributed by atoms with van der Waals surface area (Å²) >= 11 is 3.45. The fourth-order valence-electron chi connectivity index (χ4n) is 2.50. The van der Waals surface area contributed by atoms with Crippen LogP contribution in [-0.4, -0.2) is 46.0 Å². The van der Waals surface area contributed by atoms with Crippen molar-refractivity contribution in [1.82, 2.24) is 9.88 Å². The molecular weight excluding hydrogens is 320 g/mol. The fraction of sp³-hybridized carbons (Fsp3) is 0.467. The number of hydrogen-bond donors (Lipinski definition) is 1. The van der Waals surface area contributed by atoms with Gasteiger partial charge in [0.05, 0.1) is 16.8 Å². The number of amides is 1. The number of hydrogen-bond acceptors (Lipinski definition) is 5. The predicted molar refractivity (Wildman–Crippen MR) is 89.3 cm³/mol. The first-order chi connectivity index (χ1) is 10.7. The number of aromatic nitrogens is 1. The van der Waals surface area contributed by atoms with Crippen LogP contribution in [0.1, 0.15) is 19.8 Å². The van der Waals surface area contributed by atoms with E-state index in [1.54, 1.807) is 23.1 Å². The molecule has 0 unspecified atom stereocenters. The lowest BCUT2D eigenvalue weighted by Crippen LogP contribution is -2.38. The van der Waals surface area contributed by atoms with Crippen molar-refractivity contribution in [1.29, 1.82) is 0 Å². The van der Waals surface area contributed by atoms with Crippen LogP contribution in [0.2, 0.25) is 0 Å². The Bertz CT molecular complexity index is 666. The van der Waals surface area contributed by atoms with Crippen LogP contribution < -0.4 is 4.74 Å². The monoisotopic (exact) mass is 338 g/mol. The van der Waals surface area contributed by atoms with E-state index in [0.717, 1.165) is 33.1 Å². The smallest absolute Gasteiger partial charge is 0.407 e. The third-order valence-corrected chi connectivity index (χ3v) is 6.08. The number of thiazole rings is 1. The third kappa shape index (κ3) is 3.47. The topological polar surface area (TPSA) is 62.7 Å². The Morgan fingerprint density at radius 2 is 2.27 bits per heavy atom. The predicted octanol–water partition coefficient (Wildman–Crippen LogP) is 3.93. The van der Waals surface area contributed by atoms with Gasteiger partial charge >= 0.3 is 6.09 Å². The molecule has 0 spiro atoms. The van der Waals surface area contributed by atoms with Crippen molar-refractivity contribution in [2.24, 2.45) is 0 Å². The largest absolute Gasteiger partial charge is 0.494 e. The first-order valence-corrected chi connectivity index (χ1v) is 9.03. The Labute approximate surface area is 137 Å². The van der Waals surface area contributed by atoms with Crippen molar-refractivity contribution in [2.75, 3.05) is 19.7 Å². The van der Waals surface area contributed by atoms with Gasteiger partial charge in [-0.05, 0) is 38.0 Å². The van der Waals surface area contributed by atoms with Gasteiger partial charge in [-0.3, -0.25) is 0 Å². The molecule has 1 aromatic carbocycles. The van der Waals surface area contributed by atoms with E-state index in [1.165, 1.54) is 4.90 Å². The van der Waals surface area contributed by atoms with E-state index in [1.807, 2.05) is 25.1 Å². The van der Waals surface area contributed by atoms with E-state index in [0.29, 0.717) is 24.9 Å². The second kappa shape index (κ2) is 6.75. The van der Waals surface area contributed by atoms with E-state index in [9.17, 15) is 4.79 Å². The highest BCUT2D eigenvalue weighted by Gasteiger charge is 2.23. The van der Waals surface area contributed by atoms with E-state index in [2.05, 4.69) is 4.98 Å². The van der Waals surface area contributed by atoms with E-state index < -0.39 is 6.09 Å². The number of nitrogens with zero attached hydrogens (tertiary/aromatic N) is 2. The zero-order valence-corrected chi connectivity index (χ0v) is 14.0. The van der Waals surface area contributed by atoms with Crippen LogP contribution in [0.5, 0.6) is 5.75 Å². The van der Waals surface area contributed by atoms with Crippen LogP contribution in [0.15, 0.2) is 22.5 Å². The number of thioether (sulfide) groups is 1. The Morgan fingerprint density at radius 3 is 2.95 bits per heavy atom. The Morgan fingerprint density at radius 1 is 1.50 bits per heavy atom. The lowest BCUT2D eigenvalue weighted by atomic mass is 10.1. The van der Waals surface area contributed by atoms with Gasteiger partial charge in [-0.1, -0.05) is 11.8 Å². The SMILES string of the molecule is CCOc1ccc2nc(SC3CCN(C(=O)O)CC3)sc2c1. The molecule has 22 heavy (non-hydrogen) atoms. The fourth-order valence-corrected chi connectivity index (χ4v) is 4.98. The molecule has 2 aromatic rings. The van der Waals surface area contributed by atoms with Crippen LogP contribution in [-0.2, 0) is 0 Å². The number of ether oxygens (including phenoxy) is 1. The highest BCUT2D eigenvalue weighted by atomic mass is 32.2. The molecule has 5 nitrogen and oxygen atoms in total. The molecule has 3 rings (SSSR count). The van der Waals surface area contributed by atoms with Gasteiger partial charge in [-0.25, -0.2) is 9.78 Å². The molecule has 1 fully saturated rings. The van der Waals surface area contributed by atoms with Crippen LogP contribution in [0, 0.1) is 0 Å². The first kappa shape index (κ1) is 15.4. The molecule has 118 valence electrons. The van der Waals surface area contributed by atoms with Crippen molar-refractivity contribution >= 4 is 39.4 Å². The second-order valence-electron chi connectivity index (χ2n) is 5.13. The molecule has 1 aliphatic heterocycles. The van der Waals surface area contributed by atoms with Crippen molar-refractivity contribution in [3.63, 3.8) is 0 Å². The summed E-state index contributed by atoms with van der Waals surface area (Å²) in [5.74, 6) is 0.880. The molecule has 0 radical (unpaired) electrons. The van der Waals surface area contributed by atoms with E-state index in [4.69, 9.17) is 9.84 Å². The van der Waals surface area contributed by atoms with Gasteiger partial charge < -0.3 is 14.7 Å². The molecular formula is C15H18N2O3S2. The van der Waals surface area contributed by atoms with Crippen molar-refractivity contribution in [3.8, 4) is 5.75 Å².